The first-order valence-electron chi connectivity index (χ1n) is 7.31. The Morgan fingerprint density at radius 3 is 2.62 bits per heavy atom. The Balaban J connectivity index is 1.99. The topological polar surface area (TPSA) is 49.9 Å². The molecule has 2 aromatic rings. The highest BCUT2D eigenvalue weighted by Gasteiger charge is 2.12. The lowest BCUT2D eigenvalue weighted by Crippen LogP contribution is -2.23. The smallest absolute Gasteiger partial charge is 0.165 e. The van der Waals surface area contributed by atoms with Crippen LogP contribution in [-0.4, -0.2) is 28.4 Å². The van der Waals surface area contributed by atoms with E-state index in [1.165, 1.54) is 5.56 Å². The van der Waals surface area contributed by atoms with Crippen molar-refractivity contribution in [3.63, 3.8) is 0 Å². The number of ether oxygens (including phenoxy) is 1. The average molecular weight is 305 g/mol. The summed E-state index contributed by atoms with van der Waals surface area (Å²) in [7, 11) is 0. The third kappa shape index (κ3) is 5.10. The lowest BCUT2D eigenvalue weighted by Gasteiger charge is -2.18. The first kappa shape index (κ1) is 15.9. The van der Waals surface area contributed by atoms with Gasteiger partial charge >= 0.3 is 0 Å². The SMILES string of the molecule is CCNC(CSc1ncc[nH]1)c1ccc(OC(C)C)cc1. The van der Waals surface area contributed by atoms with E-state index < -0.39 is 0 Å². The van der Waals surface area contributed by atoms with E-state index in [1.54, 1.807) is 18.0 Å². The van der Waals surface area contributed by atoms with Crippen LogP contribution >= 0.6 is 11.8 Å². The number of benzene rings is 1. The van der Waals surface area contributed by atoms with Crippen LogP contribution in [0, 0.1) is 0 Å². The number of hydrogen-bond acceptors (Lipinski definition) is 4. The molecular formula is C16H23N3OS. The van der Waals surface area contributed by atoms with Gasteiger partial charge in [-0.15, -0.1) is 0 Å². The summed E-state index contributed by atoms with van der Waals surface area (Å²) in [5.41, 5.74) is 1.27. The van der Waals surface area contributed by atoms with Gasteiger partial charge in [0.15, 0.2) is 5.16 Å². The number of nitrogens with one attached hydrogen (secondary N) is 2. The molecule has 1 atom stereocenters. The van der Waals surface area contributed by atoms with Gasteiger partial charge in [0, 0.05) is 24.2 Å². The standard InChI is InChI=1S/C16H23N3OS/c1-4-17-15(11-21-16-18-9-10-19-16)13-5-7-14(8-6-13)20-12(2)3/h5-10,12,15,17H,4,11H2,1-3H3,(H,18,19). The van der Waals surface area contributed by atoms with Crippen LogP contribution in [0.25, 0.3) is 0 Å². The molecule has 114 valence electrons. The van der Waals surface area contributed by atoms with E-state index in [0.717, 1.165) is 23.2 Å². The summed E-state index contributed by atoms with van der Waals surface area (Å²) in [4.78, 5) is 7.37. The maximum Gasteiger partial charge on any atom is 0.165 e. The van der Waals surface area contributed by atoms with Crippen LogP contribution < -0.4 is 10.1 Å². The molecule has 1 aromatic carbocycles. The highest BCUT2D eigenvalue weighted by atomic mass is 32.2. The zero-order chi connectivity index (χ0) is 15.1. The minimum absolute atomic E-state index is 0.204. The monoisotopic (exact) mass is 305 g/mol. The number of hydrogen-bond donors (Lipinski definition) is 2. The van der Waals surface area contributed by atoms with Crippen LogP contribution in [0.3, 0.4) is 0 Å². The summed E-state index contributed by atoms with van der Waals surface area (Å²) in [6, 6.07) is 8.65. The zero-order valence-corrected chi connectivity index (χ0v) is 13.6. The van der Waals surface area contributed by atoms with Gasteiger partial charge < -0.3 is 15.0 Å². The lowest BCUT2D eigenvalue weighted by atomic mass is 10.1. The first-order chi connectivity index (χ1) is 10.2. The summed E-state index contributed by atoms with van der Waals surface area (Å²) in [5.74, 6) is 1.86. The molecule has 0 fully saturated rings. The van der Waals surface area contributed by atoms with Gasteiger partial charge in [-0.1, -0.05) is 30.8 Å². The Hall–Kier alpha value is -1.46. The van der Waals surface area contributed by atoms with Crippen molar-refractivity contribution in [3.05, 3.63) is 42.2 Å². The second kappa shape index (κ2) is 8.10. The number of aromatic nitrogens is 2. The van der Waals surface area contributed by atoms with Gasteiger partial charge in [-0.2, -0.15) is 0 Å². The summed E-state index contributed by atoms with van der Waals surface area (Å²) in [5, 5.41) is 4.47. The van der Waals surface area contributed by atoms with E-state index in [1.807, 2.05) is 32.2 Å². The van der Waals surface area contributed by atoms with E-state index in [9.17, 15) is 0 Å². The molecule has 2 N–H and O–H groups in total. The molecule has 0 aliphatic rings. The third-order valence-corrected chi connectivity index (χ3v) is 3.96. The number of thioether (sulfide) groups is 1. The molecule has 0 saturated carbocycles. The van der Waals surface area contributed by atoms with Gasteiger partial charge in [-0.3, -0.25) is 0 Å². The molecule has 1 unspecified atom stereocenters. The fourth-order valence-electron chi connectivity index (χ4n) is 2.06. The van der Waals surface area contributed by atoms with Gasteiger partial charge in [0.1, 0.15) is 5.75 Å². The first-order valence-corrected chi connectivity index (χ1v) is 8.29. The fraction of sp³-hybridized carbons (Fsp3) is 0.438. The van der Waals surface area contributed by atoms with Gasteiger partial charge in [-0.05, 0) is 38.1 Å². The van der Waals surface area contributed by atoms with Crippen LogP contribution in [-0.2, 0) is 0 Å². The molecule has 0 aliphatic heterocycles. The number of H-pyrrole nitrogens is 1. The number of rotatable bonds is 8. The maximum absolute atomic E-state index is 5.69. The Morgan fingerprint density at radius 2 is 2.05 bits per heavy atom. The van der Waals surface area contributed by atoms with Crippen molar-refractivity contribution >= 4 is 11.8 Å². The van der Waals surface area contributed by atoms with Gasteiger partial charge in [-0.25, -0.2) is 4.98 Å². The molecule has 4 nitrogen and oxygen atoms in total. The molecule has 2 rings (SSSR count). The van der Waals surface area contributed by atoms with E-state index in [4.69, 9.17) is 4.74 Å². The van der Waals surface area contributed by atoms with Crippen LogP contribution in [0.2, 0.25) is 0 Å². The predicted octanol–water partition coefficient (Wildman–Crippen LogP) is 3.64. The van der Waals surface area contributed by atoms with Gasteiger partial charge in [0.05, 0.1) is 6.10 Å². The quantitative estimate of drug-likeness (QED) is 0.731. The molecule has 21 heavy (non-hydrogen) atoms. The number of imidazole rings is 1. The molecular weight excluding hydrogens is 282 g/mol. The van der Waals surface area contributed by atoms with E-state index in [2.05, 4.69) is 34.3 Å². The molecule has 1 heterocycles. The molecule has 0 bridgehead atoms. The fourth-order valence-corrected chi connectivity index (χ4v) is 2.98. The molecule has 0 aliphatic carbocycles. The number of nitrogens with zero attached hydrogens (tertiary/aromatic N) is 1. The minimum atomic E-state index is 0.204. The van der Waals surface area contributed by atoms with E-state index >= 15 is 0 Å². The van der Waals surface area contributed by atoms with E-state index in [0.29, 0.717) is 6.04 Å². The largest absolute Gasteiger partial charge is 0.491 e. The highest BCUT2D eigenvalue weighted by molar-refractivity contribution is 7.99. The summed E-state index contributed by atoms with van der Waals surface area (Å²) in [6.45, 7) is 7.14. The summed E-state index contributed by atoms with van der Waals surface area (Å²) < 4.78 is 5.69. The van der Waals surface area contributed by atoms with Crippen molar-refractivity contribution in [2.45, 2.75) is 38.1 Å². The Morgan fingerprint density at radius 1 is 1.29 bits per heavy atom. The Bertz CT molecular complexity index is 511. The van der Waals surface area contributed by atoms with Crippen LogP contribution in [0.15, 0.2) is 41.8 Å². The zero-order valence-electron chi connectivity index (χ0n) is 12.8. The lowest BCUT2D eigenvalue weighted by molar-refractivity contribution is 0.242. The molecule has 1 aromatic heterocycles. The summed E-state index contributed by atoms with van der Waals surface area (Å²) in [6.07, 6.45) is 3.83. The van der Waals surface area contributed by atoms with Crippen LogP contribution in [0.5, 0.6) is 5.75 Å². The van der Waals surface area contributed by atoms with Gasteiger partial charge in [0.25, 0.3) is 0 Å². The van der Waals surface area contributed by atoms with Crippen molar-refractivity contribution in [2.75, 3.05) is 12.3 Å². The van der Waals surface area contributed by atoms with Crippen molar-refractivity contribution in [2.24, 2.45) is 0 Å². The van der Waals surface area contributed by atoms with Crippen molar-refractivity contribution < 1.29 is 4.74 Å². The average Bonchev–Trinajstić information content (AvgIpc) is 2.97. The molecule has 5 heteroatoms. The van der Waals surface area contributed by atoms with Crippen molar-refractivity contribution in [3.8, 4) is 5.75 Å². The van der Waals surface area contributed by atoms with Crippen molar-refractivity contribution in [1.29, 1.82) is 0 Å². The van der Waals surface area contributed by atoms with Crippen molar-refractivity contribution in [1.82, 2.24) is 15.3 Å². The summed E-state index contributed by atoms with van der Waals surface area (Å²) >= 11 is 1.72. The second-order valence-corrected chi connectivity index (χ2v) is 6.06. The minimum Gasteiger partial charge on any atom is -0.491 e. The normalized spacial score (nSPS) is 12.6. The molecule has 0 saturated heterocycles. The second-order valence-electron chi connectivity index (χ2n) is 5.05. The maximum atomic E-state index is 5.69. The molecule has 0 amide bonds. The highest BCUT2D eigenvalue weighted by Crippen LogP contribution is 2.24. The Kier molecular flexibility index (Phi) is 6.14. The molecule has 0 radical (unpaired) electrons. The third-order valence-electron chi connectivity index (χ3n) is 2.96. The predicted molar refractivity (Wildman–Crippen MR) is 87.9 cm³/mol. The van der Waals surface area contributed by atoms with Crippen LogP contribution in [0.1, 0.15) is 32.4 Å². The van der Waals surface area contributed by atoms with Gasteiger partial charge in [0.2, 0.25) is 0 Å². The Labute approximate surface area is 130 Å². The van der Waals surface area contributed by atoms with E-state index in [-0.39, 0.29) is 6.10 Å². The van der Waals surface area contributed by atoms with Crippen LogP contribution in [0.4, 0.5) is 0 Å². The number of aromatic amines is 1. The molecule has 0 spiro atoms.